The van der Waals surface area contributed by atoms with Crippen molar-refractivity contribution in [3.05, 3.63) is 91.3 Å². The highest BCUT2D eigenvalue weighted by molar-refractivity contribution is 6.41. The Morgan fingerprint density at radius 1 is 1.00 bits per heavy atom. The van der Waals surface area contributed by atoms with Crippen LogP contribution >= 0.6 is 34.8 Å². The van der Waals surface area contributed by atoms with E-state index in [4.69, 9.17) is 34.8 Å². The Morgan fingerprint density at radius 2 is 1.69 bits per heavy atom. The normalized spacial score (nSPS) is 10.6. The molecule has 0 unspecified atom stereocenters. The number of hydrogen-bond donors (Lipinski definition) is 1. The molecule has 0 bridgehead atoms. The molecule has 5 nitrogen and oxygen atoms in total. The zero-order valence-electron chi connectivity index (χ0n) is 13.2. The standard InChI is InChI=1S/C18H12Cl3N3O2/c19-14-4-2-1-3-12(14)9-22-17(25)11-5-7-13(8-6-11)24-18(26)16(21)15(20)10-23-24/h1-8,10H,9H2,(H,22,25). The van der Waals surface area contributed by atoms with E-state index in [0.29, 0.717) is 22.8 Å². The summed E-state index contributed by atoms with van der Waals surface area (Å²) in [4.78, 5) is 24.4. The summed E-state index contributed by atoms with van der Waals surface area (Å²) in [5.74, 6) is -0.258. The highest BCUT2D eigenvalue weighted by Crippen LogP contribution is 2.17. The molecule has 3 rings (SSSR count). The number of carbonyl (C=O) groups excluding carboxylic acids is 1. The molecule has 0 aliphatic heterocycles. The molecule has 1 N–H and O–H groups in total. The minimum Gasteiger partial charge on any atom is -0.348 e. The number of rotatable bonds is 4. The van der Waals surface area contributed by atoms with Gasteiger partial charge >= 0.3 is 0 Å². The number of nitrogens with zero attached hydrogens (tertiary/aromatic N) is 2. The zero-order chi connectivity index (χ0) is 18.7. The minimum atomic E-state index is -0.532. The molecule has 0 saturated heterocycles. The smallest absolute Gasteiger partial charge is 0.291 e. The van der Waals surface area contributed by atoms with Gasteiger partial charge in [-0.15, -0.1) is 0 Å². The molecule has 8 heteroatoms. The van der Waals surface area contributed by atoms with E-state index < -0.39 is 5.56 Å². The van der Waals surface area contributed by atoms with Gasteiger partial charge in [0.15, 0.2) is 0 Å². The topological polar surface area (TPSA) is 64.0 Å². The van der Waals surface area contributed by atoms with Crippen molar-refractivity contribution in [3.63, 3.8) is 0 Å². The number of aromatic nitrogens is 2. The van der Waals surface area contributed by atoms with Gasteiger partial charge in [-0.1, -0.05) is 53.0 Å². The van der Waals surface area contributed by atoms with Gasteiger partial charge in [0, 0.05) is 17.1 Å². The summed E-state index contributed by atoms with van der Waals surface area (Å²) in [6.07, 6.45) is 1.29. The predicted octanol–water partition coefficient (Wildman–Crippen LogP) is 4.12. The summed E-state index contributed by atoms with van der Waals surface area (Å²) >= 11 is 17.7. The summed E-state index contributed by atoms with van der Waals surface area (Å²) in [5, 5.41) is 7.31. The number of amides is 1. The quantitative estimate of drug-likeness (QED) is 0.706. The van der Waals surface area contributed by atoms with E-state index >= 15 is 0 Å². The Bertz CT molecular complexity index is 1020. The van der Waals surface area contributed by atoms with Crippen molar-refractivity contribution in [2.75, 3.05) is 0 Å². The lowest BCUT2D eigenvalue weighted by molar-refractivity contribution is 0.0951. The molecule has 26 heavy (non-hydrogen) atoms. The molecule has 0 atom stereocenters. The van der Waals surface area contributed by atoms with Crippen molar-refractivity contribution in [2.24, 2.45) is 0 Å². The summed E-state index contributed by atoms with van der Waals surface area (Å²) in [6, 6.07) is 13.7. The van der Waals surface area contributed by atoms with Crippen LogP contribution in [0, 0.1) is 0 Å². The van der Waals surface area contributed by atoms with Crippen molar-refractivity contribution < 1.29 is 4.79 Å². The van der Waals surface area contributed by atoms with Gasteiger partial charge in [0.1, 0.15) is 5.02 Å². The van der Waals surface area contributed by atoms with Crippen LogP contribution in [0.1, 0.15) is 15.9 Å². The highest BCUT2D eigenvalue weighted by Gasteiger charge is 2.11. The molecular formula is C18H12Cl3N3O2. The van der Waals surface area contributed by atoms with Crippen molar-refractivity contribution in [2.45, 2.75) is 6.54 Å². The third-order valence-corrected chi connectivity index (χ3v) is 4.76. The van der Waals surface area contributed by atoms with Crippen molar-refractivity contribution in [1.29, 1.82) is 0 Å². The first-order valence-electron chi connectivity index (χ1n) is 7.53. The summed E-state index contributed by atoms with van der Waals surface area (Å²) in [7, 11) is 0. The molecule has 0 spiro atoms. The lowest BCUT2D eigenvalue weighted by atomic mass is 10.1. The van der Waals surface area contributed by atoms with E-state index in [1.165, 1.54) is 6.20 Å². The van der Waals surface area contributed by atoms with E-state index in [1.54, 1.807) is 30.3 Å². The average molecular weight is 409 g/mol. The second kappa shape index (κ2) is 7.91. The second-order valence-corrected chi connectivity index (χ2v) is 6.54. The van der Waals surface area contributed by atoms with Crippen molar-refractivity contribution >= 4 is 40.7 Å². The Labute approximate surface area is 164 Å². The van der Waals surface area contributed by atoms with E-state index in [9.17, 15) is 9.59 Å². The molecule has 0 aliphatic rings. The van der Waals surface area contributed by atoms with Gasteiger partial charge in [-0.3, -0.25) is 9.59 Å². The fourth-order valence-corrected chi connectivity index (χ4v) is 2.73. The van der Waals surface area contributed by atoms with Gasteiger partial charge in [0.05, 0.1) is 16.9 Å². The first-order chi connectivity index (χ1) is 12.5. The maximum atomic E-state index is 12.3. The summed E-state index contributed by atoms with van der Waals surface area (Å²) < 4.78 is 1.11. The molecule has 1 aromatic heterocycles. The lowest BCUT2D eigenvalue weighted by Gasteiger charge is -2.08. The summed E-state index contributed by atoms with van der Waals surface area (Å²) in [5.41, 5.74) is 1.20. The van der Waals surface area contributed by atoms with Gasteiger partial charge in [0.2, 0.25) is 0 Å². The average Bonchev–Trinajstić information content (AvgIpc) is 2.65. The molecule has 3 aromatic rings. The number of halogens is 3. The Hall–Kier alpha value is -2.34. The third-order valence-electron chi connectivity index (χ3n) is 3.65. The van der Waals surface area contributed by atoms with Crippen LogP contribution in [0.25, 0.3) is 5.69 Å². The van der Waals surface area contributed by atoms with E-state index in [2.05, 4.69) is 10.4 Å². The Kier molecular flexibility index (Phi) is 5.61. The monoisotopic (exact) mass is 407 g/mol. The van der Waals surface area contributed by atoms with Crippen LogP contribution < -0.4 is 10.9 Å². The Morgan fingerprint density at radius 3 is 2.38 bits per heavy atom. The van der Waals surface area contributed by atoms with Crippen molar-refractivity contribution in [1.82, 2.24) is 15.1 Å². The Balaban J connectivity index is 1.75. The fourth-order valence-electron chi connectivity index (χ4n) is 2.27. The molecule has 1 amide bonds. The van der Waals surface area contributed by atoms with Gasteiger partial charge < -0.3 is 5.32 Å². The molecule has 0 radical (unpaired) electrons. The molecule has 1 heterocycles. The van der Waals surface area contributed by atoms with Gasteiger partial charge in [-0.2, -0.15) is 9.78 Å². The van der Waals surface area contributed by atoms with Crippen LogP contribution in [-0.2, 0) is 6.54 Å². The number of hydrogen-bond acceptors (Lipinski definition) is 3. The third kappa shape index (κ3) is 3.90. The lowest BCUT2D eigenvalue weighted by Crippen LogP contribution is -2.24. The van der Waals surface area contributed by atoms with Crippen LogP contribution in [-0.4, -0.2) is 15.7 Å². The van der Waals surface area contributed by atoms with E-state index in [0.717, 1.165) is 10.2 Å². The highest BCUT2D eigenvalue weighted by atomic mass is 35.5. The number of nitrogens with one attached hydrogen (secondary N) is 1. The van der Waals surface area contributed by atoms with Crippen LogP contribution in [0.5, 0.6) is 0 Å². The predicted molar refractivity (Wildman–Crippen MR) is 102 cm³/mol. The maximum absolute atomic E-state index is 12.3. The number of carbonyl (C=O) groups is 1. The molecule has 0 saturated carbocycles. The SMILES string of the molecule is O=C(NCc1ccccc1Cl)c1ccc(-n2ncc(Cl)c(Cl)c2=O)cc1. The largest absolute Gasteiger partial charge is 0.348 e. The van der Waals surface area contributed by atoms with E-state index in [-0.39, 0.29) is 16.0 Å². The molecule has 0 aliphatic carbocycles. The van der Waals surface area contributed by atoms with E-state index in [1.807, 2.05) is 18.2 Å². The minimum absolute atomic E-state index is 0.0866. The zero-order valence-corrected chi connectivity index (χ0v) is 15.5. The fraction of sp³-hybridized carbons (Fsp3) is 0.0556. The van der Waals surface area contributed by atoms with Gasteiger partial charge in [-0.05, 0) is 35.9 Å². The van der Waals surface area contributed by atoms with Crippen LogP contribution in [0.2, 0.25) is 15.1 Å². The molecule has 0 fully saturated rings. The van der Waals surface area contributed by atoms with Crippen LogP contribution in [0.15, 0.2) is 59.5 Å². The molecule has 132 valence electrons. The summed E-state index contributed by atoms with van der Waals surface area (Å²) in [6.45, 7) is 0.314. The van der Waals surface area contributed by atoms with Crippen LogP contribution in [0.3, 0.4) is 0 Å². The second-order valence-electron chi connectivity index (χ2n) is 5.34. The van der Waals surface area contributed by atoms with Gasteiger partial charge in [-0.25, -0.2) is 0 Å². The number of benzene rings is 2. The first-order valence-corrected chi connectivity index (χ1v) is 8.66. The van der Waals surface area contributed by atoms with Gasteiger partial charge in [0.25, 0.3) is 11.5 Å². The van der Waals surface area contributed by atoms with Crippen LogP contribution in [0.4, 0.5) is 0 Å². The molecule has 2 aromatic carbocycles. The molecular weight excluding hydrogens is 397 g/mol. The first kappa shape index (κ1) is 18.5. The maximum Gasteiger partial charge on any atom is 0.291 e. The van der Waals surface area contributed by atoms with Crippen molar-refractivity contribution in [3.8, 4) is 5.69 Å².